The Kier molecular flexibility index (Phi) is 8.09. The highest BCUT2D eigenvalue weighted by Crippen LogP contribution is 2.64. The highest BCUT2D eigenvalue weighted by molar-refractivity contribution is 6.12. The molecule has 2 aromatic heterocycles. The van der Waals surface area contributed by atoms with Crippen LogP contribution in [-0.4, -0.2) is 9.13 Å². The standard InChI is InChI=1S/C69H42N2O/c1-3-17-49(18-4-1)70-63-25-13-11-23-55(63)57-39-45(31-37-65(57)70)47-27-33-53-54-34-28-48(46-32-38-66-58(40-46)56-24-12-14-26-64(56)71(66)50-19-5-2-6-20-50)42-62(54)69(61(53)41-47)59-35-29-43-15-7-9-21-51(43)67(59)72-68-52-22-10-8-16-44(52)30-36-60(68)69/h1-42H. The van der Waals surface area contributed by atoms with Crippen LogP contribution in [0.3, 0.4) is 0 Å². The number of para-hydroxylation sites is 4. The van der Waals surface area contributed by atoms with E-state index < -0.39 is 5.41 Å². The zero-order valence-electron chi connectivity index (χ0n) is 39.1. The molecule has 0 radical (unpaired) electrons. The van der Waals surface area contributed by atoms with E-state index in [4.69, 9.17) is 4.74 Å². The highest BCUT2D eigenvalue weighted by atomic mass is 16.5. The smallest absolute Gasteiger partial charge is 0.140 e. The lowest BCUT2D eigenvalue weighted by Gasteiger charge is -2.40. The van der Waals surface area contributed by atoms with Gasteiger partial charge in [0.2, 0.25) is 0 Å². The van der Waals surface area contributed by atoms with Crippen molar-refractivity contribution in [3.63, 3.8) is 0 Å². The highest BCUT2D eigenvalue weighted by Gasteiger charge is 2.52. The molecule has 0 unspecified atom stereocenters. The zero-order valence-corrected chi connectivity index (χ0v) is 39.1. The first kappa shape index (κ1) is 39.4. The second-order valence-corrected chi connectivity index (χ2v) is 19.5. The van der Waals surface area contributed by atoms with E-state index in [0.717, 1.165) is 55.5 Å². The minimum atomic E-state index is -0.728. The minimum absolute atomic E-state index is 0.728. The number of hydrogen-bond donors (Lipinski definition) is 0. The summed E-state index contributed by atoms with van der Waals surface area (Å²) in [5, 5.41) is 9.47. The maximum Gasteiger partial charge on any atom is 0.140 e. The van der Waals surface area contributed by atoms with Crippen LogP contribution in [0.25, 0.3) is 110 Å². The molecule has 3 nitrogen and oxygen atoms in total. The lowest BCUT2D eigenvalue weighted by molar-refractivity contribution is 0.447. The molecule has 1 spiro atoms. The first-order valence-corrected chi connectivity index (χ1v) is 24.9. The fourth-order valence-corrected chi connectivity index (χ4v) is 12.8. The minimum Gasteiger partial charge on any atom is -0.455 e. The van der Waals surface area contributed by atoms with E-state index >= 15 is 0 Å². The van der Waals surface area contributed by atoms with Crippen molar-refractivity contribution < 1.29 is 4.74 Å². The molecule has 0 amide bonds. The van der Waals surface area contributed by atoms with Crippen LogP contribution < -0.4 is 4.74 Å². The molecular weight excluding hydrogens is 873 g/mol. The van der Waals surface area contributed by atoms with Crippen LogP contribution in [0, 0.1) is 0 Å². The second-order valence-electron chi connectivity index (χ2n) is 19.5. The van der Waals surface area contributed by atoms with Crippen molar-refractivity contribution in [3.05, 3.63) is 277 Å². The Bertz CT molecular complexity index is 4300. The Labute approximate surface area is 415 Å². The Morgan fingerprint density at radius 3 is 1.11 bits per heavy atom. The summed E-state index contributed by atoms with van der Waals surface area (Å²) in [6.07, 6.45) is 0. The van der Waals surface area contributed by atoms with Gasteiger partial charge in [-0.3, -0.25) is 0 Å². The number of hydrogen-bond acceptors (Lipinski definition) is 1. The lowest BCUT2D eigenvalue weighted by Crippen LogP contribution is -2.32. The fourth-order valence-electron chi connectivity index (χ4n) is 12.8. The van der Waals surface area contributed by atoms with E-state index in [0.29, 0.717) is 0 Å². The van der Waals surface area contributed by atoms with E-state index in [2.05, 4.69) is 264 Å². The van der Waals surface area contributed by atoms with Gasteiger partial charge in [0.1, 0.15) is 11.5 Å². The molecule has 2 aliphatic rings. The van der Waals surface area contributed by atoms with Crippen LogP contribution in [0.2, 0.25) is 0 Å². The molecule has 3 heterocycles. The summed E-state index contributed by atoms with van der Waals surface area (Å²) in [7, 11) is 0. The SMILES string of the molecule is c1ccc(-n2c3ccccc3c3cc(-c4ccc5c(c4)C4(c6cc(-c7ccc8c(c7)c7ccccc7n8-c7ccccc7)ccc6-5)c5ccc6ccccc6c5Oc5c4ccc4ccccc54)ccc32)cc1. The average Bonchev–Trinajstić information content (AvgIpc) is 4.07. The largest absolute Gasteiger partial charge is 0.455 e. The normalized spacial score (nSPS) is 13.2. The monoisotopic (exact) mass is 914 g/mol. The molecule has 0 atom stereocenters. The number of rotatable bonds is 4. The van der Waals surface area contributed by atoms with Gasteiger partial charge in [0.15, 0.2) is 0 Å². The molecule has 0 N–H and O–H groups in total. The van der Waals surface area contributed by atoms with E-state index in [-0.39, 0.29) is 0 Å². The van der Waals surface area contributed by atoms with Crippen molar-refractivity contribution in [2.45, 2.75) is 5.41 Å². The molecule has 16 rings (SSSR count). The number of nitrogens with zero attached hydrogens (tertiary/aromatic N) is 2. The van der Waals surface area contributed by atoms with Crippen molar-refractivity contribution in [1.82, 2.24) is 9.13 Å². The van der Waals surface area contributed by atoms with Crippen molar-refractivity contribution in [3.8, 4) is 56.3 Å². The van der Waals surface area contributed by atoms with Gasteiger partial charge in [-0.25, -0.2) is 0 Å². The topological polar surface area (TPSA) is 19.1 Å². The summed E-state index contributed by atoms with van der Waals surface area (Å²) < 4.78 is 12.2. The summed E-state index contributed by atoms with van der Waals surface area (Å²) in [5.41, 5.74) is 18.4. The predicted octanol–water partition coefficient (Wildman–Crippen LogP) is 18.0. The number of aromatic nitrogens is 2. The van der Waals surface area contributed by atoms with Crippen LogP contribution in [0.15, 0.2) is 255 Å². The molecule has 72 heavy (non-hydrogen) atoms. The van der Waals surface area contributed by atoms with Gasteiger partial charge in [-0.05, 0) is 128 Å². The summed E-state index contributed by atoms with van der Waals surface area (Å²) in [6.45, 7) is 0. The third kappa shape index (κ3) is 5.34. The average molecular weight is 915 g/mol. The van der Waals surface area contributed by atoms with Gasteiger partial charge < -0.3 is 13.9 Å². The summed E-state index contributed by atoms with van der Waals surface area (Å²) in [4.78, 5) is 0. The van der Waals surface area contributed by atoms with Crippen molar-refractivity contribution >= 4 is 65.2 Å². The van der Waals surface area contributed by atoms with Crippen LogP contribution in [0.5, 0.6) is 11.5 Å². The van der Waals surface area contributed by atoms with E-state index in [1.165, 1.54) is 88.1 Å². The first-order chi connectivity index (χ1) is 35.7. The summed E-state index contributed by atoms with van der Waals surface area (Å²) in [5.74, 6) is 1.83. The molecular formula is C69H42N2O. The van der Waals surface area contributed by atoms with Crippen LogP contribution >= 0.6 is 0 Å². The molecule has 0 fully saturated rings. The van der Waals surface area contributed by atoms with Gasteiger partial charge in [-0.1, -0.05) is 182 Å². The van der Waals surface area contributed by atoms with Gasteiger partial charge in [0, 0.05) is 54.8 Å². The maximum atomic E-state index is 7.40. The van der Waals surface area contributed by atoms with E-state index in [9.17, 15) is 0 Å². The van der Waals surface area contributed by atoms with Gasteiger partial charge in [0.05, 0.1) is 27.5 Å². The molecule has 0 saturated heterocycles. The van der Waals surface area contributed by atoms with Crippen LogP contribution in [0.1, 0.15) is 22.3 Å². The summed E-state index contributed by atoms with van der Waals surface area (Å²) in [6, 6.07) is 94.2. The molecule has 0 bridgehead atoms. The molecule has 3 heteroatoms. The molecule has 334 valence electrons. The van der Waals surface area contributed by atoms with E-state index in [1.807, 2.05) is 0 Å². The third-order valence-electron chi connectivity index (χ3n) is 15.9. The number of benzene rings is 12. The molecule has 0 saturated carbocycles. The molecule has 1 aliphatic carbocycles. The van der Waals surface area contributed by atoms with Crippen LogP contribution in [0.4, 0.5) is 0 Å². The zero-order chi connectivity index (χ0) is 47.1. The first-order valence-electron chi connectivity index (χ1n) is 24.9. The van der Waals surface area contributed by atoms with Crippen molar-refractivity contribution in [2.24, 2.45) is 0 Å². The van der Waals surface area contributed by atoms with Gasteiger partial charge in [0.25, 0.3) is 0 Å². The maximum absolute atomic E-state index is 7.40. The fraction of sp³-hybridized carbons (Fsp3) is 0.0145. The van der Waals surface area contributed by atoms with E-state index in [1.54, 1.807) is 0 Å². The lowest BCUT2D eigenvalue weighted by atomic mass is 9.65. The Morgan fingerprint density at radius 1 is 0.264 bits per heavy atom. The molecule has 12 aromatic carbocycles. The number of ether oxygens (including phenoxy) is 1. The van der Waals surface area contributed by atoms with Crippen LogP contribution in [-0.2, 0) is 5.41 Å². The molecule has 1 aliphatic heterocycles. The predicted molar refractivity (Wildman–Crippen MR) is 298 cm³/mol. The summed E-state index contributed by atoms with van der Waals surface area (Å²) >= 11 is 0. The third-order valence-corrected chi connectivity index (χ3v) is 15.9. The quantitative estimate of drug-likeness (QED) is 0.172. The Balaban J connectivity index is 0.968. The molecule has 14 aromatic rings. The van der Waals surface area contributed by atoms with Gasteiger partial charge in [-0.2, -0.15) is 0 Å². The number of fused-ring (bicyclic) bond motifs is 19. The van der Waals surface area contributed by atoms with Crippen molar-refractivity contribution in [2.75, 3.05) is 0 Å². The van der Waals surface area contributed by atoms with Crippen molar-refractivity contribution in [1.29, 1.82) is 0 Å². The Hall–Kier alpha value is -9.44. The van der Waals surface area contributed by atoms with Gasteiger partial charge in [-0.15, -0.1) is 0 Å². The second kappa shape index (κ2) is 14.8. The Morgan fingerprint density at radius 2 is 0.639 bits per heavy atom. The van der Waals surface area contributed by atoms with Gasteiger partial charge >= 0.3 is 0 Å².